The molecule has 4 rings (SSSR count). The molecule has 4 bridgehead atoms. The zero-order valence-corrected chi connectivity index (χ0v) is 10.6. The van der Waals surface area contributed by atoms with Crippen molar-refractivity contribution < 1.29 is 0 Å². The first-order valence-electron chi connectivity index (χ1n) is 6.63. The number of hydrogen-bond acceptors (Lipinski definition) is 0. The highest BCUT2D eigenvalue weighted by molar-refractivity contribution is 5.28. The summed E-state index contributed by atoms with van der Waals surface area (Å²) in [7, 11) is 0. The molecule has 4 fully saturated rings. The molecule has 4 saturated carbocycles. The molecule has 0 heteroatoms. The standard InChI is InChI=1S/C15H24/c1-10(2)6-5-7-14(3)11-8-12-13(9-11)15(12,14)4/h6,11-13H,5,7-9H2,1-4H3. The Bertz CT molecular complexity index is 309. The summed E-state index contributed by atoms with van der Waals surface area (Å²) in [6.07, 6.45) is 8.30. The highest BCUT2D eigenvalue weighted by Crippen LogP contribution is 2.86. The van der Waals surface area contributed by atoms with Crippen molar-refractivity contribution in [3.05, 3.63) is 11.6 Å². The van der Waals surface area contributed by atoms with Gasteiger partial charge in [0, 0.05) is 0 Å². The maximum absolute atomic E-state index is 2.59. The fraction of sp³-hybridized carbons (Fsp3) is 0.867. The molecule has 0 radical (unpaired) electrons. The van der Waals surface area contributed by atoms with Gasteiger partial charge in [-0.2, -0.15) is 0 Å². The van der Waals surface area contributed by atoms with Gasteiger partial charge in [0.15, 0.2) is 0 Å². The van der Waals surface area contributed by atoms with Crippen LogP contribution in [-0.4, -0.2) is 0 Å². The Morgan fingerprint density at radius 1 is 1.20 bits per heavy atom. The molecule has 84 valence electrons. The summed E-state index contributed by atoms with van der Waals surface area (Å²) in [5.74, 6) is 3.32. The summed E-state index contributed by atoms with van der Waals surface area (Å²) >= 11 is 0. The van der Waals surface area contributed by atoms with Crippen LogP contribution >= 0.6 is 0 Å². The Morgan fingerprint density at radius 3 is 2.20 bits per heavy atom. The topological polar surface area (TPSA) is 0 Å². The third-order valence-corrected chi connectivity index (χ3v) is 6.34. The molecule has 0 nitrogen and oxygen atoms in total. The number of hydrogen-bond donors (Lipinski definition) is 0. The molecular formula is C15H24. The second-order valence-corrected chi connectivity index (χ2v) is 6.90. The molecule has 0 amide bonds. The molecule has 4 aliphatic rings. The van der Waals surface area contributed by atoms with Crippen LogP contribution in [0.3, 0.4) is 0 Å². The highest BCUT2D eigenvalue weighted by Gasteiger charge is 2.80. The van der Waals surface area contributed by atoms with Gasteiger partial charge >= 0.3 is 0 Å². The van der Waals surface area contributed by atoms with Crippen LogP contribution in [0.4, 0.5) is 0 Å². The first kappa shape index (κ1) is 9.93. The summed E-state index contributed by atoms with van der Waals surface area (Å²) in [6.45, 7) is 9.61. The summed E-state index contributed by atoms with van der Waals surface area (Å²) < 4.78 is 0. The SMILES string of the molecule is CC(C)=CCCC1(C)C2CC3C(C2)C31C. The Morgan fingerprint density at radius 2 is 1.80 bits per heavy atom. The quantitative estimate of drug-likeness (QED) is 0.597. The van der Waals surface area contributed by atoms with Crippen LogP contribution in [0.5, 0.6) is 0 Å². The second kappa shape index (κ2) is 2.70. The molecule has 0 saturated heterocycles. The van der Waals surface area contributed by atoms with E-state index >= 15 is 0 Å². The van der Waals surface area contributed by atoms with E-state index in [1.807, 2.05) is 0 Å². The first-order chi connectivity index (χ1) is 7.00. The van der Waals surface area contributed by atoms with Crippen LogP contribution in [0.2, 0.25) is 0 Å². The van der Waals surface area contributed by atoms with Crippen molar-refractivity contribution in [1.29, 1.82) is 0 Å². The minimum absolute atomic E-state index is 0.689. The van der Waals surface area contributed by atoms with Gasteiger partial charge in [-0.25, -0.2) is 0 Å². The van der Waals surface area contributed by atoms with Crippen LogP contribution in [0.25, 0.3) is 0 Å². The molecule has 3 unspecified atom stereocenters. The van der Waals surface area contributed by atoms with Gasteiger partial charge in [-0.15, -0.1) is 0 Å². The molecule has 0 N–H and O–H groups in total. The molecule has 0 heterocycles. The lowest BCUT2D eigenvalue weighted by atomic mass is 9.71. The molecule has 0 aromatic rings. The van der Waals surface area contributed by atoms with E-state index < -0.39 is 0 Å². The largest absolute Gasteiger partial charge is 0.0859 e. The molecule has 4 aliphatic carbocycles. The van der Waals surface area contributed by atoms with E-state index in [0.29, 0.717) is 5.41 Å². The summed E-state index contributed by atoms with van der Waals surface area (Å²) in [5, 5.41) is 0. The summed E-state index contributed by atoms with van der Waals surface area (Å²) in [5.41, 5.74) is 2.93. The zero-order valence-electron chi connectivity index (χ0n) is 10.6. The van der Waals surface area contributed by atoms with E-state index in [0.717, 1.165) is 23.2 Å². The van der Waals surface area contributed by atoms with Crippen LogP contribution in [0, 0.1) is 28.6 Å². The third-order valence-electron chi connectivity index (χ3n) is 6.34. The lowest BCUT2D eigenvalue weighted by molar-refractivity contribution is 0.155. The van der Waals surface area contributed by atoms with Gasteiger partial charge < -0.3 is 0 Å². The first-order valence-corrected chi connectivity index (χ1v) is 6.63. The monoisotopic (exact) mass is 204 g/mol. The van der Waals surface area contributed by atoms with Crippen molar-refractivity contribution >= 4 is 0 Å². The Labute approximate surface area is 94.1 Å². The second-order valence-electron chi connectivity index (χ2n) is 6.90. The molecule has 3 atom stereocenters. The highest BCUT2D eigenvalue weighted by atomic mass is 14.8. The van der Waals surface area contributed by atoms with Crippen molar-refractivity contribution in [1.82, 2.24) is 0 Å². The molecule has 15 heavy (non-hydrogen) atoms. The third kappa shape index (κ3) is 0.990. The van der Waals surface area contributed by atoms with Crippen molar-refractivity contribution in [2.24, 2.45) is 28.6 Å². The average Bonchev–Trinajstić information content (AvgIpc) is 2.53. The van der Waals surface area contributed by atoms with E-state index in [-0.39, 0.29) is 0 Å². The van der Waals surface area contributed by atoms with Crippen molar-refractivity contribution in [2.75, 3.05) is 0 Å². The number of allylic oxidation sites excluding steroid dienone is 2. The van der Waals surface area contributed by atoms with Crippen molar-refractivity contribution in [3.63, 3.8) is 0 Å². The van der Waals surface area contributed by atoms with Gasteiger partial charge in [0.2, 0.25) is 0 Å². The Hall–Kier alpha value is -0.260. The van der Waals surface area contributed by atoms with Gasteiger partial charge in [-0.1, -0.05) is 25.5 Å². The van der Waals surface area contributed by atoms with Crippen LogP contribution < -0.4 is 0 Å². The Kier molecular flexibility index (Phi) is 1.79. The molecule has 0 aliphatic heterocycles. The Balaban J connectivity index is 1.73. The normalized spacial score (nSPS) is 54.5. The smallest absolute Gasteiger partial charge is 0.0207 e. The maximum Gasteiger partial charge on any atom is -0.0207 e. The van der Waals surface area contributed by atoms with E-state index in [2.05, 4.69) is 33.8 Å². The molecule has 0 spiro atoms. The van der Waals surface area contributed by atoms with Gasteiger partial charge in [0.25, 0.3) is 0 Å². The van der Waals surface area contributed by atoms with Gasteiger partial charge in [-0.05, 0) is 68.1 Å². The fourth-order valence-corrected chi connectivity index (χ4v) is 5.17. The van der Waals surface area contributed by atoms with Crippen LogP contribution in [-0.2, 0) is 0 Å². The predicted octanol–water partition coefficient (Wildman–Crippen LogP) is 4.42. The lowest BCUT2D eigenvalue weighted by Gasteiger charge is -2.34. The van der Waals surface area contributed by atoms with Crippen molar-refractivity contribution in [2.45, 2.75) is 53.4 Å². The minimum Gasteiger partial charge on any atom is -0.0859 e. The van der Waals surface area contributed by atoms with E-state index in [1.54, 1.807) is 12.8 Å². The summed E-state index contributed by atoms with van der Waals surface area (Å²) in [6, 6.07) is 0. The van der Waals surface area contributed by atoms with Crippen LogP contribution in [0.15, 0.2) is 11.6 Å². The minimum atomic E-state index is 0.689. The molecular weight excluding hydrogens is 180 g/mol. The average molecular weight is 204 g/mol. The van der Waals surface area contributed by atoms with Crippen molar-refractivity contribution in [3.8, 4) is 0 Å². The number of rotatable bonds is 3. The maximum atomic E-state index is 2.59. The van der Waals surface area contributed by atoms with E-state index in [1.165, 1.54) is 18.4 Å². The molecule has 0 aromatic carbocycles. The molecule has 0 aromatic heterocycles. The lowest BCUT2D eigenvalue weighted by Crippen LogP contribution is -2.26. The van der Waals surface area contributed by atoms with Gasteiger partial charge in [-0.3, -0.25) is 0 Å². The van der Waals surface area contributed by atoms with E-state index in [4.69, 9.17) is 0 Å². The van der Waals surface area contributed by atoms with Gasteiger partial charge in [0.05, 0.1) is 0 Å². The van der Waals surface area contributed by atoms with Gasteiger partial charge in [0.1, 0.15) is 0 Å². The fourth-order valence-electron chi connectivity index (χ4n) is 5.17. The zero-order chi connectivity index (χ0) is 10.8. The summed E-state index contributed by atoms with van der Waals surface area (Å²) in [4.78, 5) is 0. The predicted molar refractivity (Wildman–Crippen MR) is 64.6 cm³/mol. The van der Waals surface area contributed by atoms with E-state index in [9.17, 15) is 0 Å². The van der Waals surface area contributed by atoms with Crippen LogP contribution in [0.1, 0.15) is 53.4 Å².